The van der Waals surface area contributed by atoms with Gasteiger partial charge in [0, 0.05) is 4.47 Å². The predicted octanol–water partition coefficient (Wildman–Crippen LogP) is 3.88. The fraction of sp³-hybridized carbons (Fsp3) is 0.364. The van der Waals surface area contributed by atoms with Crippen LogP contribution in [0.4, 0.5) is 26.7 Å². The minimum atomic E-state index is -4.68. The summed E-state index contributed by atoms with van der Waals surface area (Å²) in [6.45, 7) is -1.18. The smallest absolute Gasteiger partial charge is 0.416 e. The summed E-state index contributed by atoms with van der Waals surface area (Å²) in [4.78, 5) is 11.0. The number of hydrogen-bond acceptors (Lipinski definition) is 2. The van der Waals surface area contributed by atoms with E-state index in [0.717, 1.165) is 12.1 Å². The molecule has 1 aliphatic rings. The molecule has 1 heterocycles. The van der Waals surface area contributed by atoms with Gasteiger partial charge in [-0.1, -0.05) is 15.9 Å². The molecule has 1 saturated heterocycles. The van der Waals surface area contributed by atoms with Gasteiger partial charge in [0.2, 0.25) is 0 Å². The molecule has 1 aromatic rings. The van der Waals surface area contributed by atoms with Gasteiger partial charge in [-0.15, -0.1) is 0 Å². The average molecular weight is 360 g/mol. The van der Waals surface area contributed by atoms with Crippen LogP contribution in [0.2, 0.25) is 0 Å². The largest absolute Gasteiger partial charge is 0.443 e. The summed E-state index contributed by atoms with van der Waals surface area (Å²) in [6.07, 6.45) is -5.78. The molecule has 0 unspecified atom stereocenters. The van der Waals surface area contributed by atoms with Crippen molar-refractivity contribution in [1.82, 2.24) is 5.32 Å². The molecule has 1 aliphatic heterocycles. The van der Waals surface area contributed by atoms with Crippen molar-refractivity contribution >= 4 is 22.0 Å². The van der Waals surface area contributed by atoms with Gasteiger partial charge in [-0.05, 0) is 23.8 Å². The summed E-state index contributed by atoms with van der Waals surface area (Å²) in [5, 5.41) is 1.83. The topological polar surface area (TPSA) is 38.3 Å². The second kappa shape index (κ2) is 4.87. The number of ether oxygens (including phenoxy) is 1. The molecule has 3 nitrogen and oxygen atoms in total. The summed E-state index contributed by atoms with van der Waals surface area (Å²) in [5.41, 5.74) is -1.44. The van der Waals surface area contributed by atoms with Crippen LogP contribution in [0, 0.1) is 0 Å². The van der Waals surface area contributed by atoms with Crippen LogP contribution in [0.3, 0.4) is 0 Å². The number of halogens is 6. The third-order valence-electron chi connectivity index (χ3n) is 2.66. The lowest BCUT2D eigenvalue weighted by atomic mass is 9.98. The molecule has 0 radical (unpaired) electrons. The van der Waals surface area contributed by atoms with E-state index in [-0.39, 0.29) is 10.0 Å². The van der Waals surface area contributed by atoms with E-state index in [1.165, 1.54) is 0 Å². The van der Waals surface area contributed by atoms with Gasteiger partial charge >= 0.3 is 18.2 Å². The van der Waals surface area contributed by atoms with Gasteiger partial charge in [-0.3, -0.25) is 0 Å². The van der Waals surface area contributed by atoms with Crippen molar-refractivity contribution in [2.24, 2.45) is 0 Å². The zero-order valence-electron chi connectivity index (χ0n) is 9.60. The van der Waals surface area contributed by atoms with Crippen molar-refractivity contribution in [3.05, 3.63) is 33.8 Å². The summed E-state index contributed by atoms with van der Waals surface area (Å²) in [7, 11) is 0. The van der Waals surface area contributed by atoms with E-state index in [2.05, 4.69) is 20.7 Å². The lowest BCUT2D eigenvalue weighted by molar-refractivity contribution is -0.138. The van der Waals surface area contributed by atoms with Crippen LogP contribution < -0.4 is 5.32 Å². The van der Waals surface area contributed by atoms with E-state index in [9.17, 15) is 26.7 Å². The van der Waals surface area contributed by atoms with Crippen LogP contribution >= 0.6 is 15.9 Å². The lowest BCUT2D eigenvalue weighted by Crippen LogP contribution is -2.49. The molecule has 9 heteroatoms. The first-order chi connectivity index (χ1) is 9.09. The Bertz CT molecular complexity index is 546. The first-order valence-electron chi connectivity index (χ1n) is 5.28. The Morgan fingerprint density at radius 2 is 1.95 bits per heavy atom. The van der Waals surface area contributed by atoms with Crippen molar-refractivity contribution in [2.75, 3.05) is 6.61 Å². The summed E-state index contributed by atoms with van der Waals surface area (Å²) < 4.78 is 69.4. The number of carbonyl (C=O) groups excluding carboxylic acids is 1. The Hall–Kier alpha value is -1.38. The van der Waals surface area contributed by atoms with Gasteiger partial charge < -0.3 is 10.1 Å². The first-order valence-corrected chi connectivity index (χ1v) is 6.08. The zero-order valence-corrected chi connectivity index (χ0v) is 11.2. The molecule has 0 spiro atoms. The Labute approximate surface area is 118 Å². The van der Waals surface area contributed by atoms with Crippen molar-refractivity contribution in [2.45, 2.75) is 18.1 Å². The fourth-order valence-corrected chi connectivity index (χ4v) is 2.29. The maximum absolute atomic E-state index is 13.7. The number of benzene rings is 1. The minimum absolute atomic E-state index is 0.0149. The SMILES string of the molecule is O=C1N[C@H](c2cc(Br)cc(C(F)(F)F)c2)C(F)(F)CO1. The van der Waals surface area contributed by atoms with Crippen LogP contribution in [0.25, 0.3) is 0 Å². The molecule has 1 aromatic carbocycles. The monoisotopic (exact) mass is 359 g/mol. The highest BCUT2D eigenvalue weighted by molar-refractivity contribution is 9.10. The number of alkyl carbamates (subject to hydrolysis) is 1. The molecular formula is C11H7BrF5NO2. The van der Waals surface area contributed by atoms with E-state index < -0.39 is 36.4 Å². The molecule has 0 aromatic heterocycles. The van der Waals surface area contributed by atoms with E-state index in [1.54, 1.807) is 0 Å². The number of amides is 1. The van der Waals surface area contributed by atoms with E-state index >= 15 is 0 Å². The molecule has 1 N–H and O–H groups in total. The highest BCUT2D eigenvalue weighted by Crippen LogP contribution is 2.38. The number of alkyl halides is 5. The fourth-order valence-electron chi connectivity index (χ4n) is 1.78. The molecule has 110 valence electrons. The second-order valence-electron chi connectivity index (χ2n) is 4.19. The molecule has 0 aliphatic carbocycles. The van der Waals surface area contributed by atoms with E-state index in [0.29, 0.717) is 6.07 Å². The van der Waals surface area contributed by atoms with Crippen molar-refractivity contribution < 1.29 is 31.5 Å². The predicted molar refractivity (Wildman–Crippen MR) is 61.3 cm³/mol. The Kier molecular flexibility index (Phi) is 3.66. The third-order valence-corrected chi connectivity index (χ3v) is 3.12. The van der Waals surface area contributed by atoms with Crippen molar-refractivity contribution in [3.8, 4) is 0 Å². The second-order valence-corrected chi connectivity index (χ2v) is 5.10. The Balaban J connectivity index is 2.46. The lowest BCUT2D eigenvalue weighted by Gasteiger charge is -2.32. The van der Waals surface area contributed by atoms with Gasteiger partial charge in [0.25, 0.3) is 0 Å². The minimum Gasteiger partial charge on any atom is -0.443 e. The van der Waals surface area contributed by atoms with Crippen LogP contribution in [0.1, 0.15) is 17.2 Å². The maximum atomic E-state index is 13.7. The molecule has 0 bridgehead atoms. The highest BCUT2D eigenvalue weighted by Gasteiger charge is 2.47. The number of carbonyl (C=O) groups is 1. The zero-order chi connectivity index (χ0) is 15.1. The molecule has 20 heavy (non-hydrogen) atoms. The molecule has 1 amide bonds. The molecular weight excluding hydrogens is 353 g/mol. The van der Waals surface area contributed by atoms with Gasteiger partial charge in [0.15, 0.2) is 6.61 Å². The van der Waals surface area contributed by atoms with Gasteiger partial charge in [-0.25, -0.2) is 13.6 Å². The first kappa shape index (κ1) is 15.0. The molecule has 1 fully saturated rings. The standard InChI is InChI=1S/C11H7BrF5NO2/c12-7-2-5(1-6(3-7)11(15,16)17)8-10(13,14)4-20-9(19)18-8/h1-3,8H,4H2,(H,18,19)/t8-/m1/s1. The van der Waals surface area contributed by atoms with Gasteiger partial charge in [0.1, 0.15) is 6.04 Å². The molecule has 2 rings (SSSR count). The van der Waals surface area contributed by atoms with Crippen LogP contribution in [-0.4, -0.2) is 18.6 Å². The molecule has 0 saturated carbocycles. The quantitative estimate of drug-likeness (QED) is 0.772. The van der Waals surface area contributed by atoms with Crippen LogP contribution in [0.15, 0.2) is 22.7 Å². The Morgan fingerprint density at radius 1 is 1.30 bits per heavy atom. The Morgan fingerprint density at radius 3 is 2.55 bits per heavy atom. The number of nitrogens with one attached hydrogen (secondary N) is 1. The summed E-state index contributed by atoms with van der Waals surface area (Å²) in [5.74, 6) is -3.50. The summed E-state index contributed by atoms with van der Waals surface area (Å²) >= 11 is 2.84. The third kappa shape index (κ3) is 3.02. The van der Waals surface area contributed by atoms with Crippen molar-refractivity contribution in [1.29, 1.82) is 0 Å². The number of cyclic esters (lactones) is 1. The van der Waals surface area contributed by atoms with E-state index in [4.69, 9.17) is 0 Å². The summed E-state index contributed by atoms with van der Waals surface area (Å²) in [6, 6.07) is 0.569. The van der Waals surface area contributed by atoms with Crippen molar-refractivity contribution in [3.63, 3.8) is 0 Å². The normalized spacial score (nSPS) is 22.1. The van der Waals surface area contributed by atoms with Crippen LogP contribution in [-0.2, 0) is 10.9 Å². The average Bonchev–Trinajstić information content (AvgIpc) is 2.30. The highest BCUT2D eigenvalue weighted by atomic mass is 79.9. The van der Waals surface area contributed by atoms with Gasteiger partial charge in [0.05, 0.1) is 5.56 Å². The molecule has 1 atom stereocenters. The number of hydrogen-bond donors (Lipinski definition) is 1. The van der Waals surface area contributed by atoms with Gasteiger partial charge in [-0.2, -0.15) is 13.2 Å². The maximum Gasteiger partial charge on any atom is 0.416 e. The van der Waals surface area contributed by atoms with Crippen LogP contribution in [0.5, 0.6) is 0 Å². The van der Waals surface area contributed by atoms with E-state index in [1.807, 2.05) is 5.32 Å². The number of rotatable bonds is 1.